The van der Waals surface area contributed by atoms with E-state index in [4.69, 9.17) is 19.3 Å². The molecule has 0 spiro atoms. The van der Waals surface area contributed by atoms with E-state index in [1.807, 2.05) is 0 Å². The number of aryl methyl sites for hydroxylation is 2. The zero-order valence-corrected chi connectivity index (χ0v) is 41.0. The van der Waals surface area contributed by atoms with Gasteiger partial charge in [0.1, 0.15) is 11.1 Å². The Hall–Kier alpha value is -3.61. The van der Waals surface area contributed by atoms with Crippen molar-refractivity contribution in [2.24, 2.45) is 20.5 Å². The van der Waals surface area contributed by atoms with E-state index in [9.17, 15) is 36.0 Å². The molecule has 2 heterocycles. The molecule has 0 radical (unpaired) electrons. The number of carboxylic acid groups (broad SMARTS) is 2. The Morgan fingerprint density at radius 1 is 0.567 bits per heavy atom. The molecule has 4 aromatic carbocycles. The molecular weight excluding hydrogens is 898 g/mol. The molecule has 0 aliphatic carbocycles. The largest absolute Gasteiger partial charge is 1.00 e. The number of aromatic carboxylic acids is 2. The number of hydrogen-bond acceptors (Lipinski definition) is 14. The Kier molecular flexibility index (Phi) is 20.9. The van der Waals surface area contributed by atoms with Gasteiger partial charge in [-0.1, -0.05) is 49.5 Å². The van der Waals surface area contributed by atoms with Gasteiger partial charge >= 0.3 is 101 Å². The maximum Gasteiger partial charge on any atom is 1.00 e. The summed E-state index contributed by atoms with van der Waals surface area (Å²) in [6.45, 7) is 3.06. The summed E-state index contributed by atoms with van der Waals surface area (Å²) in [5.74, 6) is -2.36. The molecule has 20 nitrogen and oxygen atoms in total. The third kappa shape index (κ3) is 13.2. The number of aromatic nitrogens is 4. The Labute approximate surface area is 417 Å². The van der Waals surface area contributed by atoms with Crippen LogP contribution in [0.15, 0.2) is 137 Å². The second-order valence-electron chi connectivity index (χ2n) is 11.3. The van der Waals surface area contributed by atoms with Crippen molar-refractivity contribution in [2.75, 3.05) is 0 Å². The average molecular weight is 924 g/mol. The van der Waals surface area contributed by atoms with Gasteiger partial charge in [-0.3, -0.25) is 9.11 Å². The maximum atomic E-state index is 12.6. The number of rotatable bonds is 10. The van der Waals surface area contributed by atoms with Gasteiger partial charge in [-0.15, -0.1) is 11.4 Å². The van der Waals surface area contributed by atoms with E-state index in [-0.39, 0.29) is 172 Å². The molecule has 26 heteroatoms. The first kappa shape index (κ1) is 54.4. The molecule has 0 unspecified atom stereocenters. The van der Waals surface area contributed by atoms with Crippen LogP contribution in [0.25, 0.3) is 11.4 Å². The first-order valence-electron chi connectivity index (χ1n) is 15.5. The van der Waals surface area contributed by atoms with E-state index in [0.717, 1.165) is 33.6 Å². The molecule has 6 rings (SSSR count). The third-order valence-electron chi connectivity index (χ3n) is 7.52. The van der Waals surface area contributed by atoms with Crippen molar-refractivity contribution in [3.8, 4) is 11.4 Å². The van der Waals surface area contributed by atoms with Crippen molar-refractivity contribution in [1.29, 1.82) is 0 Å². The van der Waals surface area contributed by atoms with Crippen LogP contribution in [0.5, 0.6) is 0 Å². The number of hydrogen-bond donors (Lipinski definition) is 4. The molecule has 0 bridgehead atoms. The zero-order chi connectivity index (χ0) is 40.9. The number of carboxylic acids is 2. The normalized spacial score (nSPS) is 11.0. The third-order valence-corrected chi connectivity index (χ3v) is 9.25. The average Bonchev–Trinajstić information content (AvgIpc) is 3.61. The predicted molar refractivity (Wildman–Crippen MR) is 195 cm³/mol. The molecule has 0 aliphatic heterocycles. The molecule has 2 aromatic heterocycles. The zero-order valence-electron chi connectivity index (χ0n) is 32.1. The smallest absolute Gasteiger partial charge is 0.478 e. The molecular formula is C34H26CrN8Na3O12S2+. The van der Waals surface area contributed by atoms with E-state index in [1.165, 1.54) is 62.4 Å². The quantitative estimate of drug-likeness (QED) is 0.0445. The van der Waals surface area contributed by atoms with Crippen LogP contribution in [0.4, 0.5) is 22.7 Å². The van der Waals surface area contributed by atoms with Crippen LogP contribution in [0.1, 0.15) is 32.1 Å². The molecule has 4 N–H and O–H groups in total. The number of benzene rings is 4. The Morgan fingerprint density at radius 3 is 1.15 bits per heavy atom. The van der Waals surface area contributed by atoms with E-state index in [1.54, 1.807) is 24.3 Å². The van der Waals surface area contributed by atoms with Crippen molar-refractivity contribution in [2.45, 2.75) is 23.6 Å². The molecule has 6 aromatic rings. The summed E-state index contributed by atoms with van der Waals surface area (Å²) < 4.78 is 64.4. The fraction of sp³-hybridized carbons (Fsp3) is 0.0588. The van der Waals surface area contributed by atoms with Crippen molar-refractivity contribution >= 4 is 54.9 Å². The maximum absolute atomic E-state index is 12.6. The number of carbonyl (C=O) groups is 2. The summed E-state index contributed by atoms with van der Waals surface area (Å²) in [6.07, 6.45) is 0. The molecule has 0 saturated heterocycles. The summed E-state index contributed by atoms with van der Waals surface area (Å²) >= 11 is 0. The van der Waals surface area contributed by atoms with Crippen molar-refractivity contribution < 1.29 is 152 Å². The SMILES string of the molecule is Cc1nn(-c2ccc(S(=O)(=O)O)cc2)c(=O)[c-]1N=Nc1ccccc1C(=O)O.Cc1nn(-c2ccc(S(=O)(=O)O)cc2)c(=O)[c-]1N=Nc1ccccc1C(=O)O.[Cr].[Na+].[Na+].[Na+]. The van der Waals surface area contributed by atoms with Gasteiger partial charge in [-0.05, 0) is 72.8 Å². The van der Waals surface area contributed by atoms with Gasteiger partial charge in [-0.25, -0.2) is 29.2 Å². The molecule has 0 fully saturated rings. The van der Waals surface area contributed by atoms with Crippen LogP contribution in [0.2, 0.25) is 0 Å². The second-order valence-corrected chi connectivity index (χ2v) is 14.1. The van der Waals surface area contributed by atoms with E-state index < -0.39 is 43.3 Å². The summed E-state index contributed by atoms with van der Waals surface area (Å²) in [4.78, 5) is 46.9. The van der Waals surface area contributed by atoms with Gasteiger partial charge in [0.2, 0.25) is 0 Å². The summed E-state index contributed by atoms with van der Waals surface area (Å²) in [6, 6.07) is 21.6. The van der Waals surface area contributed by atoms with Gasteiger partial charge in [0.05, 0.1) is 43.7 Å². The number of nitrogens with zero attached hydrogens (tertiary/aromatic N) is 8. The predicted octanol–water partition coefficient (Wildman–Crippen LogP) is -3.75. The van der Waals surface area contributed by atoms with Crippen LogP contribution in [0, 0.1) is 13.8 Å². The fourth-order valence-corrected chi connectivity index (χ4v) is 5.75. The summed E-state index contributed by atoms with van der Waals surface area (Å²) in [7, 11) is -8.71. The Morgan fingerprint density at radius 2 is 0.867 bits per heavy atom. The Bertz CT molecular complexity index is 2700. The van der Waals surface area contributed by atoms with Crippen molar-refractivity contribution in [3.05, 3.63) is 140 Å². The molecule has 60 heavy (non-hydrogen) atoms. The van der Waals surface area contributed by atoms with Crippen molar-refractivity contribution in [1.82, 2.24) is 19.6 Å². The minimum absolute atomic E-state index is 0. The second kappa shape index (κ2) is 23.0. The Balaban J connectivity index is 0.000000562. The molecule has 0 amide bonds. The van der Waals surface area contributed by atoms with Crippen LogP contribution in [0.3, 0.4) is 0 Å². The fourth-order valence-electron chi connectivity index (χ4n) is 4.79. The topological polar surface area (TPSA) is 303 Å². The monoisotopic (exact) mass is 923 g/mol. The minimum atomic E-state index is -4.35. The van der Waals surface area contributed by atoms with Gasteiger partial charge < -0.3 is 30.0 Å². The first-order chi connectivity index (χ1) is 26.4. The molecule has 0 atom stereocenters. The van der Waals surface area contributed by atoms with Gasteiger partial charge in [0.25, 0.3) is 20.2 Å². The van der Waals surface area contributed by atoms with E-state index in [0.29, 0.717) is 0 Å². The van der Waals surface area contributed by atoms with E-state index >= 15 is 0 Å². The van der Waals surface area contributed by atoms with Crippen LogP contribution < -0.4 is 99.8 Å². The summed E-state index contributed by atoms with van der Waals surface area (Å²) in [5.41, 5.74) is -0.353. The number of azo groups is 2. The van der Waals surface area contributed by atoms with Gasteiger partial charge in [-0.2, -0.15) is 27.1 Å². The van der Waals surface area contributed by atoms with Gasteiger partial charge in [0.15, 0.2) is 0 Å². The first-order valence-corrected chi connectivity index (χ1v) is 18.4. The van der Waals surface area contributed by atoms with E-state index in [2.05, 4.69) is 30.7 Å². The van der Waals surface area contributed by atoms with Crippen LogP contribution in [-0.2, 0) is 37.6 Å². The molecule has 294 valence electrons. The minimum Gasteiger partial charge on any atom is -0.478 e. The van der Waals surface area contributed by atoms with Crippen molar-refractivity contribution in [3.63, 3.8) is 0 Å². The summed E-state index contributed by atoms with van der Waals surface area (Å²) in [5, 5.41) is 41.9. The van der Waals surface area contributed by atoms with Crippen LogP contribution in [-0.4, -0.2) is 67.7 Å². The van der Waals surface area contributed by atoms with Gasteiger partial charge in [0, 0.05) is 17.4 Å². The molecule has 0 aliphatic rings. The standard InChI is InChI=1S/2C17H13N4O6S.Cr.3Na/c2*1-10-15(19-18-14-5-3-2-4-13(14)17(23)24)16(22)21(20-10)11-6-8-12(9-7-11)28(25,26)27;;;;/h2*2-9H,1H3,(H,23,24)(H,25,26,27);;;;/q2*-1;;3*+1. The molecule has 0 saturated carbocycles. The van der Waals surface area contributed by atoms with Crippen LogP contribution >= 0.6 is 0 Å².